The molecule has 7 heteroatoms. The zero-order valence-electron chi connectivity index (χ0n) is 19.9. The fraction of sp³-hybridized carbons (Fsp3) is 0.296. The first-order valence-electron chi connectivity index (χ1n) is 11.7. The van der Waals surface area contributed by atoms with E-state index in [2.05, 4.69) is 18.7 Å². The number of aryl methyl sites for hydroxylation is 1. The lowest BCUT2D eigenvalue weighted by Crippen LogP contribution is -2.38. The maximum absolute atomic E-state index is 13.6. The molecule has 0 aromatic heterocycles. The second-order valence-corrected chi connectivity index (χ2v) is 10.3. The van der Waals surface area contributed by atoms with E-state index in [0.717, 1.165) is 29.9 Å². The van der Waals surface area contributed by atoms with Gasteiger partial charge in [0, 0.05) is 37.4 Å². The van der Waals surface area contributed by atoms with E-state index in [1.54, 1.807) is 47.4 Å². The number of anilines is 1. The molecule has 6 nitrogen and oxygen atoms in total. The van der Waals surface area contributed by atoms with Crippen LogP contribution in [-0.4, -0.2) is 49.7 Å². The highest BCUT2D eigenvalue weighted by Gasteiger charge is 2.43. The third-order valence-corrected chi connectivity index (χ3v) is 8.23. The van der Waals surface area contributed by atoms with Gasteiger partial charge in [0.25, 0.3) is 5.91 Å². The molecular formula is C27H31N3O3S. The number of benzene rings is 3. The molecule has 1 fully saturated rings. The van der Waals surface area contributed by atoms with Crippen molar-refractivity contribution < 1.29 is 13.2 Å². The number of nitrogens with zero attached hydrogens (tertiary/aromatic N) is 3. The Bertz CT molecular complexity index is 1220. The van der Waals surface area contributed by atoms with Crippen molar-refractivity contribution in [2.24, 2.45) is 0 Å². The van der Waals surface area contributed by atoms with Crippen LogP contribution in [0, 0.1) is 6.92 Å². The van der Waals surface area contributed by atoms with Crippen molar-refractivity contribution >= 4 is 21.6 Å². The van der Waals surface area contributed by atoms with Gasteiger partial charge in [0.2, 0.25) is 10.0 Å². The Balaban J connectivity index is 1.75. The predicted octanol–water partition coefficient (Wildman–Crippen LogP) is 4.69. The van der Waals surface area contributed by atoms with Crippen molar-refractivity contribution in [3.63, 3.8) is 0 Å². The van der Waals surface area contributed by atoms with Gasteiger partial charge in [-0.15, -0.1) is 0 Å². The van der Waals surface area contributed by atoms with Crippen LogP contribution in [0.2, 0.25) is 0 Å². The van der Waals surface area contributed by atoms with Gasteiger partial charge in [0.1, 0.15) is 6.17 Å². The molecule has 0 spiro atoms. The molecule has 1 amide bonds. The number of hydrogen-bond acceptors (Lipinski definition) is 4. The Labute approximate surface area is 202 Å². The topological polar surface area (TPSA) is 60.9 Å². The number of hydrogen-bond donors (Lipinski definition) is 0. The first kappa shape index (κ1) is 24.0. The van der Waals surface area contributed by atoms with Crippen molar-refractivity contribution in [2.75, 3.05) is 31.1 Å². The summed E-state index contributed by atoms with van der Waals surface area (Å²) in [5.41, 5.74) is 3.46. The molecule has 1 aliphatic rings. The minimum atomic E-state index is -3.80. The SMILES string of the molecule is CCN(CC)c1ccc([C@H]2N(C(=O)c3ccc(C)cc3)CCN2S(=O)(=O)c2ccccc2)cc1. The Morgan fingerprint density at radius 3 is 2.09 bits per heavy atom. The van der Waals surface area contributed by atoms with Crippen LogP contribution in [-0.2, 0) is 10.0 Å². The highest BCUT2D eigenvalue weighted by atomic mass is 32.2. The smallest absolute Gasteiger partial charge is 0.255 e. The minimum absolute atomic E-state index is 0.177. The standard InChI is InChI=1S/C27H31N3O3S/c1-4-28(5-2)24-17-15-22(16-18-24)26-29(27(31)23-13-11-21(3)12-14-23)19-20-30(26)34(32,33)25-9-7-6-8-10-25/h6-18,26H,4-5,19-20H2,1-3H3/t26-/m0/s1. The predicted molar refractivity (Wildman–Crippen MR) is 135 cm³/mol. The van der Waals surface area contributed by atoms with Crippen LogP contribution in [0.25, 0.3) is 0 Å². The van der Waals surface area contributed by atoms with Crippen LogP contribution in [0.15, 0.2) is 83.8 Å². The molecule has 1 atom stereocenters. The average molecular weight is 478 g/mol. The summed E-state index contributed by atoms with van der Waals surface area (Å²) in [6.45, 7) is 8.49. The molecule has 0 bridgehead atoms. The molecule has 1 aliphatic heterocycles. The van der Waals surface area contributed by atoms with Crippen molar-refractivity contribution in [1.82, 2.24) is 9.21 Å². The van der Waals surface area contributed by atoms with Crippen LogP contribution < -0.4 is 4.90 Å². The van der Waals surface area contributed by atoms with Gasteiger partial charge in [-0.25, -0.2) is 8.42 Å². The van der Waals surface area contributed by atoms with Gasteiger partial charge >= 0.3 is 0 Å². The number of carbonyl (C=O) groups excluding carboxylic acids is 1. The monoisotopic (exact) mass is 477 g/mol. The fourth-order valence-electron chi connectivity index (χ4n) is 4.45. The van der Waals surface area contributed by atoms with Gasteiger partial charge in [-0.1, -0.05) is 48.0 Å². The largest absolute Gasteiger partial charge is 0.372 e. The minimum Gasteiger partial charge on any atom is -0.372 e. The van der Waals surface area contributed by atoms with E-state index >= 15 is 0 Å². The Kier molecular flexibility index (Phi) is 7.05. The van der Waals surface area contributed by atoms with Gasteiger partial charge in [-0.2, -0.15) is 4.31 Å². The summed E-state index contributed by atoms with van der Waals surface area (Å²) in [6, 6.07) is 23.7. The fourth-order valence-corrected chi connectivity index (χ4v) is 6.04. The summed E-state index contributed by atoms with van der Waals surface area (Å²) < 4.78 is 28.7. The Hall–Kier alpha value is -3.16. The highest BCUT2D eigenvalue weighted by molar-refractivity contribution is 7.89. The maximum atomic E-state index is 13.6. The maximum Gasteiger partial charge on any atom is 0.255 e. The lowest BCUT2D eigenvalue weighted by Gasteiger charge is -2.31. The molecule has 34 heavy (non-hydrogen) atoms. The first-order chi connectivity index (χ1) is 16.4. The number of sulfonamides is 1. The lowest BCUT2D eigenvalue weighted by atomic mass is 10.1. The average Bonchev–Trinajstić information content (AvgIpc) is 3.32. The summed E-state index contributed by atoms with van der Waals surface area (Å²) in [4.78, 5) is 17.6. The molecule has 3 aromatic rings. The van der Waals surface area contributed by atoms with Gasteiger partial charge in [-0.3, -0.25) is 4.79 Å². The van der Waals surface area contributed by atoms with Crippen LogP contribution in [0.5, 0.6) is 0 Å². The molecule has 0 aliphatic carbocycles. The number of rotatable bonds is 7. The summed E-state index contributed by atoms with van der Waals surface area (Å²) in [7, 11) is -3.80. The number of carbonyl (C=O) groups is 1. The quantitative estimate of drug-likeness (QED) is 0.496. The van der Waals surface area contributed by atoms with Crippen LogP contribution >= 0.6 is 0 Å². The highest BCUT2D eigenvalue weighted by Crippen LogP contribution is 2.36. The van der Waals surface area contributed by atoms with Crippen molar-refractivity contribution in [2.45, 2.75) is 31.8 Å². The van der Waals surface area contributed by atoms with Crippen molar-refractivity contribution in [3.05, 3.63) is 95.6 Å². The van der Waals surface area contributed by atoms with E-state index in [9.17, 15) is 13.2 Å². The van der Waals surface area contributed by atoms with Crippen molar-refractivity contribution in [1.29, 1.82) is 0 Å². The van der Waals surface area contributed by atoms with E-state index in [4.69, 9.17) is 0 Å². The summed E-state index contributed by atoms with van der Waals surface area (Å²) in [6.07, 6.45) is -0.718. The molecule has 4 rings (SSSR count). The van der Waals surface area contributed by atoms with Crippen LogP contribution in [0.4, 0.5) is 5.69 Å². The van der Waals surface area contributed by atoms with Crippen LogP contribution in [0.1, 0.15) is 41.5 Å². The third-order valence-electron chi connectivity index (χ3n) is 6.36. The molecule has 1 saturated heterocycles. The van der Waals surface area contributed by atoms with Gasteiger partial charge in [0.05, 0.1) is 4.90 Å². The molecule has 0 N–H and O–H groups in total. The second-order valence-electron chi connectivity index (χ2n) is 8.43. The van der Waals surface area contributed by atoms with E-state index in [1.165, 1.54) is 4.31 Å². The molecule has 0 saturated carbocycles. The third kappa shape index (κ3) is 4.58. The normalized spacial score (nSPS) is 16.6. The first-order valence-corrected chi connectivity index (χ1v) is 13.1. The second kappa shape index (κ2) is 9.99. The van der Waals surface area contributed by atoms with Gasteiger partial charge in [-0.05, 0) is 62.7 Å². The number of amides is 1. The Morgan fingerprint density at radius 2 is 1.50 bits per heavy atom. The van der Waals surface area contributed by atoms with Crippen molar-refractivity contribution in [3.8, 4) is 0 Å². The molecule has 178 valence electrons. The Morgan fingerprint density at radius 1 is 0.882 bits per heavy atom. The summed E-state index contributed by atoms with van der Waals surface area (Å²) in [5, 5.41) is 0. The molecule has 0 unspecified atom stereocenters. The van der Waals surface area contributed by atoms with Gasteiger partial charge in [0.15, 0.2) is 0 Å². The van der Waals surface area contributed by atoms with E-state index in [1.807, 2.05) is 43.3 Å². The molecule has 0 radical (unpaired) electrons. The summed E-state index contributed by atoms with van der Waals surface area (Å²) in [5.74, 6) is -0.177. The van der Waals surface area contributed by atoms with Crippen LogP contribution in [0.3, 0.4) is 0 Å². The van der Waals surface area contributed by atoms with E-state index < -0.39 is 16.2 Å². The lowest BCUT2D eigenvalue weighted by molar-refractivity contribution is 0.0693. The zero-order chi connectivity index (χ0) is 24.3. The van der Waals surface area contributed by atoms with E-state index in [-0.39, 0.29) is 17.3 Å². The molecule has 3 aromatic carbocycles. The zero-order valence-corrected chi connectivity index (χ0v) is 20.7. The van der Waals surface area contributed by atoms with Gasteiger partial charge < -0.3 is 9.80 Å². The van der Waals surface area contributed by atoms with E-state index in [0.29, 0.717) is 12.1 Å². The molecular weight excluding hydrogens is 446 g/mol. The summed E-state index contributed by atoms with van der Waals surface area (Å²) >= 11 is 0. The molecule has 1 heterocycles.